The molecule has 54 heavy (non-hydrogen) atoms. The Morgan fingerprint density at radius 1 is 1.13 bits per heavy atom. The highest BCUT2D eigenvalue weighted by molar-refractivity contribution is 5.98. The Morgan fingerprint density at radius 3 is 2.56 bits per heavy atom. The molecule has 0 aliphatic carbocycles. The van der Waals surface area contributed by atoms with Crippen molar-refractivity contribution in [2.45, 2.75) is 82.1 Å². The highest BCUT2D eigenvalue weighted by atomic mass is 16.6. The molecule has 2 N–H and O–H groups in total. The number of carbonyl (C=O) groups is 4. The topological polar surface area (TPSA) is 165 Å². The summed E-state index contributed by atoms with van der Waals surface area (Å²) in [5.41, 5.74) is 0.658. The highest BCUT2D eigenvalue weighted by Gasteiger charge is 2.76. The maximum atomic E-state index is 15.0. The molecule has 8 atom stereocenters. The summed E-state index contributed by atoms with van der Waals surface area (Å²) < 4.78 is 20.1. The van der Waals surface area contributed by atoms with Gasteiger partial charge in [-0.25, -0.2) is 4.68 Å². The lowest BCUT2D eigenvalue weighted by Gasteiger charge is -2.40. The molecule has 0 saturated carbocycles. The lowest BCUT2D eigenvalue weighted by atomic mass is 9.70. The van der Waals surface area contributed by atoms with E-state index in [0.29, 0.717) is 30.3 Å². The van der Waals surface area contributed by atoms with Crippen LogP contribution in [0.2, 0.25) is 0 Å². The molecule has 3 fully saturated rings. The van der Waals surface area contributed by atoms with Gasteiger partial charge in [-0.3, -0.25) is 19.2 Å². The molecule has 1 spiro atoms. The minimum absolute atomic E-state index is 0.0170. The molecule has 3 amide bonds. The molecule has 14 heteroatoms. The van der Waals surface area contributed by atoms with Crippen LogP contribution < -0.4 is 5.32 Å². The van der Waals surface area contributed by atoms with Crippen LogP contribution in [0.25, 0.3) is 11.0 Å². The number of hydrogen-bond donors (Lipinski definition) is 2. The molecule has 0 unspecified atom stereocenters. The van der Waals surface area contributed by atoms with E-state index in [0.717, 1.165) is 5.52 Å². The van der Waals surface area contributed by atoms with Crippen LogP contribution in [0.15, 0.2) is 79.9 Å². The average Bonchev–Trinajstić information content (AvgIpc) is 3.92. The Labute approximate surface area is 315 Å². The number of likely N-dealkylation sites (tertiary alicyclic amines) is 1. The Bertz CT molecular complexity index is 1850. The van der Waals surface area contributed by atoms with Gasteiger partial charge >= 0.3 is 5.97 Å². The number of amides is 3. The third-order valence-corrected chi connectivity index (χ3v) is 10.9. The Morgan fingerprint density at radius 2 is 1.87 bits per heavy atom. The van der Waals surface area contributed by atoms with Crippen LogP contribution in [-0.2, 0) is 40.1 Å². The Kier molecular flexibility index (Phi) is 11.9. The van der Waals surface area contributed by atoms with Crippen LogP contribution in [0.4, 0.5) is 0 Å². The zero-order valence-corrected chi connectivity index (χ0v) is 31.1. The molecular formula is C40H50N6O8. The molecule has 4 heterocycles. The summed E-state index contributed by atoms with van der Waals surface area (Å²) in [7, 11) is 1.50. The number of aliphatic hydroxyl groups excluding tert-OH is 1. The molecule has 3 aliphatic heterocycles. The van der Waals surface area contributed by atoms with E-state index in [9.17, 15) is 24.3 Å². The molecule has 2 bridgehead atoms. The first-order valence-corrected chi connectivity index (χ1v) is 18.5. The second-order valence-corrected chi connectivity index (χ2v) is 14.6. The molecule has 14 nitrogen and oxygen atoms in total. The van der Waals surface area contributed by atoms with Gasteiger partial charge in [0.1, 0.15) is 29.9 Å². The third-order valence-electron chi connectivity index (χ3n) is 10.9. The van der Waals surface area contributed by atoms with E-state index in [1.165, 1.54) is 12.0 Å². The van der Waals surface area contributed by atoms with Crippen molar-refractivity contribution in [1.29, 1.82) is 0 Å². The smallest absolute Gasteiger partial charge is 0.313 e. The van der Waals surface area contributed by atoms with E-state index < -0.39 is 72.2 Å². The fourth-order valence-electron chi connectivity index (χ4n) is 8.47. The van der Waals surface area contributed by atoms with Gasteiger partial charge in [-0.15, -0.1) is 18.3 Å². The summed E-state index contributed by atoms with van der Waals surface area (Å²) >= 11 is 0. The lowest BCUT2D eigenvalue weighted by molar-refractivity contribution is -0.164. The zero-order chi connectivity index (χ0) is 38.6. The number of aliphatic hydroxyl groups is 1. The number of allylic oxidation sites excluding steroid dienone is 1. The van der Waals surface area contributed by atoms with Crippen molar-refractivity contribution in [2.24, 2.45) is 17.8 Å². The van der Waals surface area contributed by atoms with Crippen molar-refractivity contribution in [3.8, 4) is 0 Å². The largest absolute Gasteiger partial charge is 0.455 e. The van der Waals surface area contributed by atoms with E-state index in [4.69, 9.17) is 14.2 Å². The predicted molar refractivity (Wildman–Crippen MR) is 198 cm³/mol. The number of nitrogens with zero attached hydrogens (tertiary/aromatic N) is 5. The number of aromatic nitrogens is 3. The maximum absolute atomic E-state index is 15.0. The van der Waals surface area contributed by atoms with Crippen LogP contribution in [-0.4, -0.2) is 110 Å². The van der Waals surface area contributed by atoms with Crippen molar-refractivity contribution in [3.05, 3.63) is 85.5 Å². The number of para-hydroxylation sites is 1. The summed E-state index contributed by atoms with van der Waals surface area (Å²) in [6, 6.07) is 13.8. The predicted octanol–water partition coefficient (Wildman–Crippen LogP) is 3.18. The van der Waals surface area contributed by atoms with Gasteiger partial charge in [-0.05, 0) is 42.9 Å². The number of fused-ring (bicyclic) bond motifs is 2. The van der Waals surface area contributed by atoms with Gasteiger partial charge in [-0.1, -0.05) is 73.7 Å². The maximum Gasteiger partial charge on any atom is 0.313 e. The summed E-state index contributed by atoms with van der Waals surface area (Å²) in [6.07, 6.45) is 3.02. The number of carbonyl (C=O) groups excluding carboxylic acids is 4. The molecule has 288 valence electrons. The quantitative estimate of drug-likeness (QED) is 0.146. The van der Waals surface area contributed by atoms with Gasteiger partial charge < -0.3 is 34.4 Å². The van der Waals surface area contributed by atoms with Crippen LogP contribution in [0.3, 0.4) is 0 Å². The third kappa shape index (κ3) is 7.17. The van der Waals surface area contributed by atoms with Crippen LogP contribution in [0, 0.1) is 17.8 Å². The number of hydrogen-bond acceptors (Lipinski definition) is 10. The Hall–Kier alpha value is -4.92. The van der Waals surface area contributed by atoms with Crippen LogP contribution in [0.1, 0.15) is 51.2 Å². The molecule has 3 saturated heterocycles. The van der Waals surface area contributed by atoms with E-state index in [2.05, 4.69) is 28.8 Å². The van der Waals surface area contributed by atoms with Gasteiger partial charge in [-0.2, -0.15) is 0 Å². The number of rotatable bonds is 18. The first-order chi connectivity index (χ1) is 26.1. The minimum Gasteiger partial charge on any atom is -0.455 e. The zero-order valence-electron chi connectivity index (χ0n) is 31.1. The lowest BCUT2D eigenvalue weighted by Crippen LogP contribution is -2.59. The number of ether oxygens (including phenoxy) is 3. The molecular weight excluding hydrogens is 692 g/mol. The molecule has 0 radical (unpaired) electrons. The van der Waals surface area contributed by atoms with E-state index in [-0.39, 0.29) is 38.1 Å². The first-order valence-electron chi connectivity index (χ1n) is 18.5. The van der Waals surface area contributed by atoms with Crippen molar-refractivity contribution in [1.82, 2.24) is 30.1 Å². The van der Waals surface area contributed by atoms with Gasteiger partial charge in [0.05, 0.1) is 48.8 Å². The Balaban J connectivity index is 1.35. The van der Waals surface area contributed by atoms with Gasteiger partial charge in [0.25, 0.3) is 0 Å². The van der Waals surface area contributed by atoms with Crippen molar-refractivity contribution in [2.75, 3.05) is 26.9 Å². The van der Waals surface area contributed by atoms with Crippen molar-refractivity contribution >= 4 is 34.7 Å². The fourth-order valence-corrected chi connectivity index (χ4v) is 8.47. The second kappa shape index (κ2) is 16.6. The molecule has 3 aliphatic rings. The average molecular weight is 743 g/mol. The number of esters is 1. The summed E-state index contributed by atoms with van der Waals surface area (Å²) in [4.78, 5) is 60.3. The summed E-state index contributed by atoms with van der Waals surface area (Å²) in [6.45, 7) is 11.1. The van der Waals surface area contributed by atoms with Gasteiger partial charge in [0.15, 0.2) is 0 Å². The SMILES string of the molecule is C=CCCC(=O)N[C@@H](COC)[C@@H](OC(=O)[C@@H]1[C@@H]2CC[C@]3(O2)[C@H](C(=O)N(CC=C)Cn2nnc4ccccc42)N([C@@H](CO)C(C)C)C(=O)[C@@H]13)c1ccccc1. The standard InChI is InChI=1S/C40H50N6O8/c1-6-8-18-32(48)41-28(23-52-5)35(26-14-10-9-11-15-26)53-39(51)33-31-19-20-40(54-31)34(33)37(49)46(30(22-47)25(3)4)36(40)38(50)44(21-7-2)24-45-29-17-13-12-16-27(29)42-43-45/h6-7,9-17,25,28,30-31,33-36,47H,1-2,8,18-24H2,3-5H3,(H,41,48)/t28-,30-,31-,33+,34+,35-,36-,40+/m0/s1. The normalized spacial score (nSPS) is 24.6. The number of methoxy groups -OCH3 is 1. The van der Waals surface area contributed by atoms with E-state index in [1.807, 2.05) is 56.3 Å². The van der Waals surface area contributed by atoms with Crippen LogP contribution in [0.5, 0.6) is 0 Å². The highest BCUT2D eigenvalue weighted by Crippen LogP contribution is 2.59. The van der Waals surface area contributed by atoms with Crippen molar-refractivity contribution < 1.29 is 38.5 Å². The second-order valence-electron chi connectivity index (χ2n) is 14.6. The monoisotopic (exact) mass is 742 g/mol. The van der Waals surface area contributed by atoms with Crippen LogP contribution >= 0.6 is 0 Å². The first kappa shape index (κ1) is 38.8. The summed E-state index contributed by atoms with van der Waals surface area (Å²) in [5.74, 6) is -4.13. The number of benzene rings is 2. The molecule has 3 aromatic rings. The van der Waals surface area contributed by atoms with E-state index >= 15 is 0 Å². The molecule has 2 aromatic carbocycles. The van der Waals surface area contributed by atoms with E-state index in [1.54, 1.807) is 33.9 Å². The fraction of sp³-hybridized carbons (Fsp3) is 0.500. The summed E-state index contributed by atoms with van der Waals surface area (Å²) in [5, 5.41) is 22.2. The van der Waals surface area contributed by atoms with Crippen molar-refractivity contribution in [3.63, 3.8) is 0 Å². The molecule has 6 rings (SSSR count). The van der Waals surface area contributed by atoms with Gasteiger partial charge in [0.2, 0.25) is 17.7 Å². The van der Waals surface area contributed by atoms with Gasteiger partial charge in [0, 0.05) is 20.1 Å². The minimum atomic E-state index is -1.36. The number of nitrogens with one attached hydrogen (secondary N) is 1. The molecule has 1 aromatic heterocycles.